The van der Waals surface area contributed by atoms with Crippen LogP contribution in [0.4, 0.5) is 20.2 Å². The predicted octanol–water partition coefficient (Wildman–Crippen LogP) is 3.16. The van der Waals surface area contributed by atoms with Crippen LogP contribution in [0.1, 0.15) is 5.56 Å². The highest BCUT2D eigenvalue weighted by Crippen LogP contribution is 2.18. The lowest BCUT2D eigenvalue weighted by Crippen LogP contribution is -2.04. The van der Waals surface area contributed by atoms with Gasteiger partial charge in [0.2, 0.25) is 0 Å². The summed E-state index contributed by atoms with van der Waals surface area (Å²) in [6.45, 7) is 0.192. The second-order valence-electron chi connectivity index (χ2n) is 3.68. The van der Waals surface area contributed by atoms with Gasteiger partial charge in [0.05, 0.1) is 11.4 Å². The van der Waals surface area contributed by atoms with Crippen LogP contribution >= 0.6 is 0 Å². The first-order valence-electron chi connectivity index (χ1n) is 5.19. The van der Waals surface area contributed by atoms with E-state index >= 15 is 0 Å². The number of hydrogen-bond donors (Lipinski definition) is 2. The third-order valence-electron chi connectivity index (χ3n) is 2.44. The molecule has 88 valence electrons. The summed E-state index contributed by atoms with van der Waals surface area (Å²) in [7, 11) is 0. The molecule has 0 atom stereocenters. The van der Waals surface area contributed by atoms with Gasteiger partial charge in [-0.25, -0.2) is 8.78 Å². The Morgan fingerprint density at radius 2 is 1.82 bits per heavy atom. The number of hydrogen-bond acceptors (Lipinski definition) is 2. The van der Waals surface area contributed by atoms with Gasteiger partial charge in [-0.3, -0.25) is 0 Å². The Labute approximate surface area is 98.1 Å². The second kappa shape index (κ2) is 4.82. The lowest BCUT2D eigenvalue weighted by atomic mass is 10.2. The monoisotopic (exact) mass is 234 g/mol. The van der Waals surface area contributed by atoms with E-state index in [1.807, 2.05) is 12.1 Å². The fourth-order valence-electron chi connectivity index (χ4n) is 1.53. The summed E-state index contributed by atoms with van der Waals surface area (Å²) < 4.78 is 26.3. The van der Waals surface area contributed by atoms with Gasteiger partial charge in [0.1, 0.15) is 11.6 Å². The quantitative estimate of drug-likeness (QED) is 0.800. The Morgan fingerprint density at radius 1 is 1.06 bits per heavy atom. The van der Waals surface area contributed by atoms with Gasteiger partial charge in [-0.05, 0) is 30.3 Å². The van der Waals surface area contributed by atoms with Crippen LogP contribution in [-0.2, 0) is 6.54 Å². The fourth-order valence-corrected chi connectivity index (χ4v) is 1.53. The van der Waals surface area contributed by atoms with Gasteiger partial charge in [0.25, 0.3) is 0 Å². The van der Waals surface area contributed by atoms with E-state index < -0.39 is 11.6 Å². The van der Waals surface area contributed by atoms with E-state index in [-0.39, 0.29) is 12.1 Å². The van der Waals surface area contributed by atoms with Crippen LogP contribution in [0.5, 0.6) is 0 Å². The van der Waals surface area contributed by atoms with Gasteiger partial charge in [0, 0.05) is 12.1 Å². The van der Waals surface area contributed by atoms with Crippen molar-refractivity contribution in [2.24, 2.45) is 0 Å². The molecule has 0 amide bonds. The highest BCUT2D eigenvalue weighted by molar-refractivity contribution is 5.65. The molecule has 0 heterocycles. The Kier molecular flexibility index (Phi) is 3.23. The normalized spacial score (nSPS) is 10.2. The number of nitrogens with two attached hydrogens (primary N) is 1. The smallest absolute Gasteiger partial charge is 0.128 e. The van der Waals surface area contributed by atoms with E-state index in [1.165, 1.54) is 6.07 Å². The Morgan fingerprint density at radius 3 is 2.59 bits per heavy atom. The molecule has 0 spiro atoms. The van der Waals surface area contributed by atoms with E-state index in [0.717, 1.165) is 12.1 Å². The minimum absolute atomic E-state index is 0.192. The lowest BCUT2D eigenvalue weighted by molar-refractivity contribution is 0.587. The number of halogens is 2. The summed E-state index contributed by atoms with van der Waals surface area (Å²) in [6, 6.07) is 10.5. The predicted molar refractivity (Wildman–Crippen MR) is 64.5 cm³/mol. The van der Waals surface area contributed by atoms with E-state index in [9.17, 15) is 8.78 Å². The largest absolute Gasteiger partial charge is 0.397 e. The molecule has 2 aromatic rings. The number of anilines is 2. The SMILES string of the molecule is Nc1ccccc1NCc1cc(F)ccc1F. The third-order valence-corrected chi connectivity index (χ3v) is 2.44. The van der Waals surface area contributed by atoms with Gasteiger partial charge < -0.3 is 11.1 Å². The molecule has 0 aliphatic heterocycles. The van der Waals surface area contributed by atoms with Crippen LogP contribution in [0.2, 0.25) is 0 Å². The first-order valence-corrected chi connectivity index (χ1v) is 5.19. The maximum Gasteiger partial charge on any atom is 0.128 e. The molecule has 0 saturated heterocycles. The highest BCUT2D eigenvalue weighted by atomic mass is 19.1. The number of benzene rings is 2. The molecule has 0 radical (unpaired) electrons. The number of para-hydroxylation sites is 2. The zero-order valence-corrected chi connectivity index (χ0v) is 9.08. The topological polar surface area (TPSA) is 38.0 Å². The number of rotatable bonds is 3. The maximum absolute atomic E-state index is 13.3. The zero-order valence-electron chi connectivity index (χ0n) is 9.08. The van der Waals surface area contributed by atoms with Crippen LogP contribution in [0.25, 0.3) is 0 Å². The molecule has 0 aliphatic rings. The van der Waals surface area contributed by atoms with Crippen LogP contribution in [-0.4, -0.2) is 0 Å². The molecule has 0 fully saturated rings. The van der Waals surface area contributed by atoms with Crippen molar-refractivity contribution in [1.82, 2.24) is 0 Å². The van der Waals surface area contributed by atoms with E-state index in [4.69, 9.17) is 5.73 Å². The molecule has 3 N–H and O–H groups in total. The Bertz CT molecular complexity index is 527. The zero-order chi connectivity index (χ0) is 12.3. The van der Waals surface area contributed by atoms with Crippen LogP contribution < -0.4 is 11.1 Å². The molecule has 2 aromatic carbocycles. The summed E-state index contributed by atoms with van der Waals surface area (Å²) in [6.07, 6.45) is 0. The van der Waals surface area contributed by atoms with Gasteiger partial charge in [-0.15, -0.1) is 0 Å². The molecule has 17 heavy (non-hydrogen) atoms. The van der Waals surface area contributed by atoms with Crippen LogP contribution in [0, 0.1) is 11.6 Å². The molecule has 0 saturated carbocycles. The fraction of sp³-hybridized carbons (Fsp3) is 0.0769. The van der Waals surface area contributed by atoms with Crippen molar-refractivity contribution in [2.75, 3.05) is 11.1 Å². The van der Waals surface area contributed by atoms with Crippen LogP contribution in [0.3, 0.4) is 0 Å². The minimum Gasteiger partial charge on any atom is -0.397 e. The highest BCUT2D eigenvalue weighted by Gasteiger charge is 2.04. The summed E-state index contributed by atoms with van der Waals surface area (Å²) in [4.78, 5) is 0. The summed E-state index contributed by atoms with van der Waals surface area (Å²) in [5.41, 5.74) is 7.27. The molecular weight excluding hydrogens is 222 g/mol. The average molecular weight is 234 g/mol. The lowest BCUT2D eigenvalue weighted by Gasteiger charge is -2.09. The molecule has 2 nitrogen and oxygen atoms in total. The number of nitrogen functional groups attached to an aromatic ring is 1. The van der Waals surface area contributed by atoms with Gasteiger partial charge >= 0.3 is 0 Å². The number of nitrogens with one attached hydrogen (secondary N) is 1. The van der Waals surface area contributed by atoms with Gasteiger partial charge in [0.15, 0.2) is 0 Å². The average Bonchev–Trinajstić information content (AvgIpc) is 2.32. The first-order chi connectivity index (χ1) is 8.16. The molecule has 0 unspecified atom stereocenters. The van der Waals surface area contributed by atoms with Crippen molar-refractivity contribution < 1.29 is 8.78 Å². The maximum atomic E-state index is 13.3. The minimum atomic E-state index is -0.454. The van der Waals surface area contributed by atoms with Crippen molar-refractivity contribution in [3.8, 4) is 0 Å². The van der Waals surface area contributed by atoms with Crippen molar-refractivity contribution in [1.29, 1.82) is 0 Å². The van der Waals surface area contributed by atoms with Crippen molar-refractivity contribution in [3.05, 3.63) is 59.7 Å². The molecule has 0 aromatic heterocycles. The first kappa shape index (κ1) is 11.4. The van der Waals surface area contributed by atoms with Gasteiger partial charge in [-0.1, -0.05) is 12.1 Å². The van der Waals surface area contributed by atoms with E-state index in [0.29, 0.717) is 11.4 Å². The van der Waals surface area contributed by atoms with Gasteiger partial charge in [-0.2, -0.15) is 0 Å². The third kappa shape index (κ3) is 2.72. The second-order valence-corrected chi connectivity index (χ2v) is 3.68. The molecule has 0 aliphatic carbocycles. The summed E-state index contributed by atoms with van der Waals surface area (Å²) >= 11 is 0. The molecular formula is C13H12F2N2. The Balaban J connectivity index is 2.12. The van der Waals surface area contributed by atoms with Crippen LogP contribution in [0.15, 0.2) is 42.5 Å². The van der Waals surface area contributed by atoms with E-state index in [2.05, 4.69) is 5.32 Å². The molecule has 2 rings (SSSR count). The van der Waals surface area contributed by atoms with Crippen molar-refractivity contribution in [2.45, 2.75) is 6.54 Å². The molecule has 4 heteroatoms. The standard InChI is InChI=1S/C13H12F2N2/c14-10-5-6-11(15)9(7-10)8-17-13-4-2-1-3-12(13)16/h1-7,17H,8,16H2. The van der Waals surface area contributed by atoms with E-state index in [1.54, 1.807) is 12.1 Å². The van der Waals surface area contributed by atoms with Crippen molar-refractivity contribution >= 4 is 11.4 Å². The van der Waals surface area contributed by atoms with Crippen molar-refractivity contribution in [3.63, 3.8) is 0 Å². The summed E-state index contributed by atoms with van der Waals surface area (Å²) in [5, 5.41) is 2.97. The molecule has 0 bridgehead atoms. The summed E-state index contributed by atoms with van der Waals surface area (Å²) in [5.74, 6) is -0.891. The Hall–Kier alpha value is -2.10.